The summed E-state index contributed by atoms with van der Waals surface area (Å²) in [5.74, 6) is -0.215. The fraction of sp³-hybridized carbons (Fsp3) is 0.375. The van der Waals surface area contributed by atoms with E-state index in [1.54, 1.807) is 13.1 Å². The van der Waals surface area contributed by atoms with E-state index >= 15 is 0 Å². The Kier molecular flexibility index (Phi) is 2.54. The van der Waals surface area contributed by atoms with Crippen LogP contribution in [0.25, 0.3) is 0 Å². The number of nitrogens with two attached hydrogens (primary N) is 1. The standard InChI is InChI=1S/C8H11FN2/c1-2-11-8-4-3-7(9)6(8)5-10/h2-3H,4-5,10H2,1H3. The van der Waals surface area contributed by atoms with Gasteiger partial charge in [0.1, 0.15) is 5.83 Å². The van der Waals surface area contributed by atoms with Crippen LogP contribution in [0.3, 0.4) is 0 Å². The van der Waals surface area contributed by atoms with Crippen LogP contribution in [0.1, 0.15) is 13.3 Å². The molecule has 0 heterocycles. The van der Waals surface area contributed by atoms with Crippen LogP contribution in [0.15, 0.2) is 28.2 Å². The van der Waals surface area contributed by atoms with Crippen molar-refractivity contribution in [3.05, 3.63) is 23.2 Å². The fourth-order valence-corrected chi connectivity index (χ4v) is 1.07. The van der Waals surface area contributed by atoms with Gasteiger partial charge in [0.05, 0.1) is 5.70 Å². The Morgan fingerprint density at radius 3 is 3.09 bits per heavy atom. The number of aliphatic imine (C=N–C) groups is 1. The zero-order valence-electron chi connectivity index (χ0n) is 6.47. The lowest BCUT2D eigenvalue weighted by Crippen LogP contribution is -2.03. The van der Waals surface area contributed by atoms with Crippen LogP contribution >= 0.6 is 0 Å². The van der Waals surface area contributed by atoms with Crippen molar-refractivity contribution in [3.63, 3.8) is 0 Å². The molecule has 0 unspecified atom stereocenters. The Hall–Kier alpha value is -0.960. The lowest BCUT2D eigenvalue weighted by Gasteiger charge is -1.97. The molecule has 0 saturated heterocycles. The predicted octanol–water partition coefficient (Wildman–Crippen LogP) is 1.55. The topological polar surface area (TPSA) is 38.4 Å². The Labute approximate surface area is 65.3 Å². The van der Waals surface area contributed by atoms with Crippen LogP contribution in [-0.4, -0.2) is 12.8 Å². The second-order valence-electron chi connectivity index (χ2n) is 2.27. The Bertz CT molecular complexity index is 238. The first-order valence-corrected chi connectivity index (χ1v) is 3.56. The molecule has 1 rings (SSSR count). The van der Waals surface area contributed by atoms with Gasteiger partial charge in [-0.15, -0.1) is 0 Å². The number of allylic oxidation sites excluding steroid dienone is 1. The van der Waals surface area contributed by atoms with Crippen LogP contribution in [0.2, 0.25) is 0 Å². The van der Waals surface area contributed by atoms with Crippen molar-refractivity contribution < 1.29 is 4.39 Å². The molecule has 1 aliphatic carbocycles. The van der Waals surface area contributed by atoms with Crippen molar-refractivity contribution in [3.8, 4) is 0 Å². The summed E-state index contributed by atoms with van der Waals surface area (Å²) in [6, 6.07) is 0. The average Bonchev–Trinajstić information content (AvgIpc) is 2.33. The van der Waals surface area contributed by atoms with Gasteiger partial charge in [0, 0.05) is 24.8 Å². The van der Waals surface area contributed by atoms with E-state index in [1.807, 2.05) is 0 Å². The lowest BCUT2D eigenvalue weighted by molar-refractivity contribution is 0.649. The monoisotopic (exact) mass is 154 g/mol. The molecule has 0 amide bonds. The first-order chi connectivity index (χ1) is 5.29. The highest BCUT2D eigenvalue weighted by molar-refractivity contribution is 5.57. The molecule has 1 aliphatic rings. The predicted molar refractivity (Wildman–Crippen MR) is 44.1 cm³/mol. The molecule has 60 valence electrons. The van der Waals surface area contributed by atoms with Crippen LogP contribution in [0, 0.1) is 0 Å². The maximum Gasteiger partial charge on any atom is 0.125 e. The van der Waals surface area contributed by atoms with Crippen LogP contribution in [0.4, 0.5) is 4.39 Å². The smallest absolute Gasteiger partial charge is 0.125 e. The molecule has 0 atom stereocenters. The third-order valence-electron chi connectivity index (χ3n) is 1.60. The van der Waals surface area contributed by atoms with Gasteiger partial charge in [0.15, 0.2) is 0 Å². The van der Waals surface area contributed by atoms with Crippen LogP contribution in [-0.2, 0) is 0 Å². The maximum absolute atomic E-state index is 12.8. The third kappa shape index (κ3) is 1.54. The molecule has 0 aromatic heterocycles. The third-order valence-corrected chi connectivity index (χ3v) is 1.60. The molecule has 0 aliphatic heterocycles. The van der Waals surface area contributed by atoms with Crippen molar-refractivity contribution in [1.82, 2.24) is 0 Å². The highest BCUT2D eigenvalue weighted by atomic mass is 19.1. The van der Waals surface area contributed by atoms with E-state index in [0.29, 0.717) is 12.0 Å². The van der Waals surface area contributed by atoms with Gasteiger partial charge in [-0.05, 0) is 13.0 Å². The first-order valence-electron chi connectivity index (χ1n) is 3.56. The normalized spacial score (nSPS) is 18.3. The second kappa shape index (κ2) is 3.44. The highest BCUT2D eigenvalue weighted by Gasteiger charge is 2.14. The minimum atomic E-state index is -0.215. The van der Waals surface area contributed by atoms with E-state index in [2.05, 4.69) is 4.99 Å². The average molecular weight is 154 g/mol. The molecule has 2 nitrogen and oxygen atoms in total. The summed E-state index contributed by atoms with van der Waals surface area (Å²) >= 11 is 0. The van der Waals surface area contributed by atoms with E-state index < -0.39 is 0 Å². The van der Waals surface area contributed by atoms with Gasteiger partial charge in [-0.3, -0.25) is 4.99 Å². The van der Waals surface area contributed by atoms with Crippen molar-refractivity contribution >= 4 is 6.21 Å². The largest absolute Gasteiger partial charge is 0.326 e. The number of nitrogens with zero attached hydrogens (tertiary/aromatic N) is 1. The number of hydrogen-bond acceptors (Lipinski definition) is 2. The van der Waals surface area contributed by atoms with Gasteiger partial charge < -0.3 is 5.73 Å². The molecule has 0 aromatic carbocycles. The van der Waals surface area contributed by atoms with Crippen molar-refractivity contribution in [2.75, 3.05) is 6.54 Å². The van der Waals surface area contributed by atoms with E-state index in [0.717, 1.165) is 5.70 Å². The van der Waals surface area contributed by atoms with Gasteiger partial charge >= 0.3 is 0 Å². The maximum atomic E-state index is 12.8. The van der Waals surface area contributed by atoms with E-state index in [-0.39, 0.29) is 12.4 Å². The summed E-state index contributed by atoms with van der Waals surface area (Å²) in [6.07, 6.45) is 3.73. The molecular weight excluding hydrogens is 143 g/mol. The van der Waals surface area contributed by atoms with Crippen molar-refractivity contribution in [2.45, 2.75) is 13.3 Å². The Balaban J connectivity index is 2.87. The summed E-state index contributed by atoms with van der Waals surface area (Å²) < 4.78 is 12.8. The van der Waals surface area contributed by atoms with Gasteiger partial charge in [-0.25, -0.2) is 4.39 Å². The van der Waals surface area contributed by atoms with Crippen LogP contribution < -0.4 is 5.73 Å². The van der Waals surface area contributed by atoms with E-state index in [1.165, 1.54) is 6.08 Å². The van der Waals surface area contributed by atoms with Gasteiger partial charge in [-0.1, -0.05) is 0 Å². The zero-order chi connectivity index (χ0) is 8.27. The zero-order valence-corrected chi connectivity index (χ0v) is 6.47. The molecule has 2 N–H and O–H groups in total. The quantitative estimate of drug-likeness (QED) is 0.602. The Morgan fingerprint density at radius 1 is 1.82 bits per heavy atom. The summed E-state index contributed by atoms with van der Waals surface area (Å²) in [6.45, 7) is 2.03. The van der Waals surface area contributed by atoms with E-state index in [9.17, 15) is 4.39 Å². The Morgan fingerprint density at radius 2 is 2.55 bits per heavy atom. The number of hydrogen-bond donors (Lipinski definition) is 1. The number of rotatable bonds is 2. The van der Waals surface area contributed by atoms with Crippen LogP contribution in [0.5, 0.6) is 0 Å². The highest BCUT2D eigenvalue weighted by Crippen LogP contribution is 2.26. The SMILES string of the molecule is CC=NC1=C(CN)C(F)=CC1. The lowest BCUT2D eigenvalue weighted by atomic mass is 10.2. The first kappa shape index (κ1) is 8.14. The number of halogens is 1. The summed E-state index contributed by atoms with van der Waals surface area (Å²) in [7, 11) is 0. The molecule has 0 aromatic rings. The molecule has 0 spiro atoms. The minimum Gasteiger partial charge on any atom is -0.326 e. The molecule has 0 fully saturated rings. The van der Waals surface area contributed by atoms with Crippen molar-refractivity contribution in [1.29, 1.82) is 0 Å². The molecule has 11 heavy (non-hydrogen) atoms. The molecule has 0 radical (unpaired) electrons. The fourth-order valence-electron chi connectivity index (χ4n) is 1.07. The van der Waals surface area contributed by atoms with Crippen molar-refractivity contribution in [2.24, 2.45) is 10.7 Å². The summed E-state index contributed by atoms with van der Waals surface area (Å²) in [4.78, 5) is 4.01. The van der Waals surface area contributed by atoms with E-state index in [4.69, 9.17) is 5.73 Å². The van der Waals surface area contributed by atoms with Gasteiger partial charge in [0.2, 0.25) is 0 Å². The molecular formula is C8H11FN2. The molecule has 0 saturated carbocycles. The van der Waals surface area contributed by atoms with Gasteiger partial charge in [-0.2, -0.15) is 0 Å². The molecule has 3 heteroatoms. The molecule has 0 bridgehead atoms. The van der Waals surface area contributed by atoms with Gasteiger partial charge in [0.25, 0.3) is 0 Å². The second-order valence-corrected chi connectivity index (χ2v) is 2.27. The summed E-state index contributed by atoms with van der Waals surface area (Å²) in [5, 5.41) is 0. The minimum absolute atomic E-state index is 0.215. The summed E-state index contributed by atoms with van der Waals surface area (Å²) in [5.41, 5.74) is 6.63.